The van der Waals surface area contributed by atoms with Crippen LogP contribution in [-0.4, -0.2) is 9.97 Å². The number of aromatic nitrogens is 2. The summed E-state index contributed by atoms with van der Waals surface area (Å²) in [5.74, 6) is 0. The van der Waals surface area contributed by atoms with Gasteiger partial charge in [0.15, 0.2) is 5.13 Å². The summed E-state index contributed by atoms with van der Waals surface area (Å²) >= 11 is 7.20. The van der Waals surface area contributed by atoms with Gasteiger partial charge in [-0.05, 0) is 18.6 Å². The van der Waals surface area contributed by atoms with Gasteiger partial charge in [-0.3, -0.25) is 4.98 Å². The van der Waals surface area contributed by atoms with E-state index in [1.807, 2.05) is 25.3 Å². The number of anilines is 1. The first-order chi connectivity index (χ1) is 7.24. The molecule has 0 bridgehead atoms. The molecule has 2 heterocycles. The molecule has 0 atom stereocenters. The minimum Gasteiger partial charge on any atom is -0.356 e. The van der Waals surface area contributed by atoms with E-state index in [0.29, 0.717) is 11.7 Å². The highest BCUT2D eigenvalue weighted by atomic mass is 35.5. The Labute approximate surface area is 97.2 Å². The molecule has 2 rings (SSSR count). The van der Waals surface area contributed by atoms with Gasteiger partial charge in [0.1, 0.15) is 5.15 Å². The van der Waals surface area contributed by atoms with Crippen LogP contribution >= 0.6 is 22.9 Å². The molecule has 0 saturated heterocycles. The van der Waals surface area contributed by atoms with E-state index < -0.39 is 0 Å². The third kappa shape index (κ3) is 2.91. The molecule has 0 aromatic carbocycles. The Morgan fingerprint density at radius 3 is 2.93 bits per heavy atom. The first-order valence-electron chi connectivity index (χ1n) is 4.50. The van der Waals surface area contributed by atoms with Crippen molar-refractivity contribution >= 4 is 28.1 Å². The molecule has 0 spiro atoms. The lowest BCUT2D eigenvalue weighted by atomic mass is 10.3. The van der Waals surface area contributed by atoms with Crippen molar-refractivity contribution in [3.8, 4) is 0 Å². The molecule has 0 radical (unpaired) electrons. The summed E-state index contributed by atoms with van der Waals surface area (Å²) in [6.45, 7) is 2.69. The third-order valence-electron chi connectivity index (χ3n) is 1.87. The van der Waals surface area contributed by atoms with Crippen molar-refractivity contribution in [2.24, 2.45) is 0 Å². The number of rotatable bonds is 3. The zero-order valence-electron chi connectivity index (χ0n) is 8.20. The van der Waals surface area contributed by atoms with Gasteiger partial charge in [-0.25, -0.2) is 4.98 Å². The molecule has 0 aliphatic rings. The zero-order chi connectivity index (χ0) is 10.7. The Bertz CT molecular complexity index is 438. The van der Waals surface area contributed by atoms with Crippen LogP contribution in [0.1, 0.15) is 11.3 Å². The summed E-state index contributed by atoms with van der Waals surface area (Å²) in [6.07, 6.45) is 1.85. The van der Waals surface area contributed by atoms with Crippen LogP contribution in [0.25, 0.3) is 0 Å². The molecule has 3 nitrogen and oxygen atoms in total. The molecule has 1 N–H and O–H groups in total. The van der Waals surface area contributed by atoms with Crippen LogP contribution in [0, 0.1) is 6.92 Å². The molecule has 5 heteroatoms. The first-order valence-corrected chi connectivity index (χ1v) is 5.76. The predicted molar refractivity (Wildman–Crippen MR) is 63.4 cm³/mol. The quantitative estimate of drug-likeness (QED) is 0.895. The second kappa shape index (κ2) is 4.59. The average molecular weight is 240 g/mol. The standard InChI is InChI=1S/C10H10ClN3S/c1-7-2-3-8(12-4-7)5-13-10-14-9(11)6-15-10/h2-4,6H,5H2,1H3,(H,13,14). The van der Waals surface area contributed by atoms with Crippen molar-refractivity contribution in [2.75, 3.05) is 5.32 Å². The lowest BCUT2D eigenvalue weighted by molar-refractivity contribution is 1.03. The molecular weight excluding hydrogens is 230 g/mol. The SMILES string of the molecule is Cc1ccc(CNc2nc(Cl)cs2)nc1. The lowest BCUT2D eigenvalue weighted by Gasteiger charge is -2.01. The van der Waals surface area contributed by atoms with Crippen LogP contribution in [0.5, 0.6) is 0 Å². The number of thiazole rings is 1. The van der Waals surface area contributed by atoms with E-state index in [0.717, 1.165) is 16.4 Å². The monoisotopic (exact) mass is 239 g/mol. The van der Waals surface area contributed by atoms with Gasteiger partial charge in [-0.1, -0.05) is 17.7 Å². The van der Waals surface area contributed by atoms with Gasteiger partial charge in [-0.2, -0.15) is 0 Å². The molecule has 0 amide bonds. The second-order valence-corrected chi connectivity index (χ2v) is 4.40. The summed E-state index contributed by atoms with van der Waals surface area (Å²) in [6, 6.07) is 4.04. The molecule has 15 heavy (non-hydrogen) atoms. The van der Waals surface area contributed by atoms with E-state index in [9.17, 15) is 0 Å². The Morgan fingerprint density at radius 2 is 2.33 bits per heavy atom. The summed E-state index contributed by atoms with van der Waals surface area (Å²) in [5, 5.41) is 6.31. The Kier molecular flexibility index (Phi) is 3.18. The van der Waals surface area contributed by atoms with Gasteiger partial charge in [0.05, 0.1) is 12.2 Å². The zero-order valence-corrected chi connectivity index (χ0v) is 9.77. The molecule has 0 saturated carbocycles. The van der Waals surface area contributed by atoms with Gasteiger partial charge in [0.2, 0.25) is 0 Å². The van der Waals surface area contributed by atoms with Crippen LogP contribution in [0.4, 0.5) is 5.13 Å². The molecule has 0 aliphatic heterocycles. The van der Waals surface area contributed by atoms with Crippen LogP contribution in [0.3, 0.4) is 0 Å². The molecule has 0 aliphatic carbocycles. The largest absolute Gasteiger partial charge is 0.356 e. The average Bonchev–Trinajstić information content (AvgIpc) is 2.64. The van der Waals surface area contributed by atoms with Crippen LogP contribution in [0.15, 0.2) is 23.7 Å². The number of hydrogen-bond acceptors (Lipinski definition) is 4. The highest BCUT2D eigenvalue weighted by Gasteiger charge is 1.99. The molecule has 78 valence electrons. The molecule has 2 aromatic heterocycles. The van der Waals surface area contributed by atoms with Crippen molar-refractivity contribution in [2.45, 2.75) is 13.5 Å². The maximum Gasteiger partial charge on any atom is 0.184 e. The van der Waals surface area contributed by atoms with Crippen LogP contribution in [-0.2, 0) is 6.54 Å². The first kappa shape index (κ1) is 10.4. The topological polar surface area (TPSA) is 37.8 Å². The fourth-order valence-electron chi connectivity index (χ4n) is 1.10. The third-order valence-corrected chi connectivity index (χ3v) is 2.99. The number of pyridine rings is 1. The van der Waals surface area contributed by atoms with Gasteiger partial charge in [0.25, 0.3) is 0 Å². The van der Waals surface area contributed by atoms with Crippen LogP contribution in [0.2, 0.25) is 5.15 Å². The summed E-state index contributed by atoms with van der Waals surface area (Å²) in [4.78, 5) is 8.37. The number of hydrogen-bond donors (Lipinski definition) is 1. The van der Waals surface area contributed by atoms with Crippen molar-refractivity contribution < 1.29 is 0 Å². The maximum atomic E-state index is 5.71. The van der Waals surface area contributed by atoms with E-state index >= 15 is 0 Å². The maximum absolute atomic E-state index is 5.71. The molecule has 0 unspecified atom stereocenters. The number of nitrogens with zero attached hydrogens (tertiary/aromatic N) is 2. The highest BCUT2D eigenvalue weighted by molar-refractivity contribution is 7.14. The van der Waals surface area contributed by atoms with Crippen molar-refractivity contribution in [3.05, 3.63) is 40.1 Å². The fourth-order valence-corrected chi connectivity index (χ4v) is 1.94. The summed E-state index contributed by atoms with van der Waals surface area (Å²) < 4.78 is 0. The summed E-state index contributed by atoms with van der Waals surface area (Å²) in [7, 11) is 0. The number of aryl methyl sites for hydroxylation is 1. The normalized spacial score (nSPS) is 10.3. The number of halogens is 1. The van der Waals surface area contributed by atoms with Gasteiger partial charge < -0.3 is 5.32 Å². The van der Waals surface area contributed by atoms with E-state index in [-0.39, 0.29) is 0 Å². The minimum absolute atomic E-state index is 0.527. The second-order valence-electron chi connectivity index (χ2n) is 3.16. The highest BCUT2D eigenvalue weighted by Crippen LogP contribution is 2.19. The van der Waals surface area contributed by atoms with E-state index in [1.165, 1.54) is 11.3 Å². The smallest absolute Gasteiger partial charge is 0.184 e. The lowest BCUT2D eigenvalue weighted by Crippen LogP contribution is -2.00. The predicted octanol–water partition coefficient (Wildman–Crippen LogP) is 3.11. The van der Waals surface area contributed by atoms with Crippen LogP contribution < -0.4 is 5.32 Å². The fraction of sp³-hybridized carbons (Fsp3) is 0.200. The molecule has 2 aromatic rings. The van der Waals surface area contributed by atoms with E-state index in [4.69, 9.17) is 11.6 Å². The van der Waals surface area contributed by atoms with Crippen molar-refractivity contribution in [3.63, 3.8) is 0 Å². The molecular formula is C10H10ClN3S. The Hall–Kier alpha value is -1.13. The molecule has 0 fully saturated rings. The van der Waals surface area contributed by atoms with Gasteiger partial charge in [0, 0.05) is 11.6 Å². The Morgan fingerprint density at radius 1 is 1.47 bits per heavy atom. The van der Waals surface area contributed by atoms with Gasteiger partial charge in [-0.15, -0.1) is 11.3 Å². The van der Waals surface area contributed by atoms with Crippen molar-refractivity contribution in [1.29, 1.82) is 0 Å². The van der Waals surface area contributed by atoms with Crippen molar-refractivity contribution in [1.82, 2.24) is 9.97 Å². The minimum atomic E-state index is 0.527. The number of nitrogens with one attached hydrogen (secondary N) is 1. The van der Waals surface area contributed by atoms with E-state index in [1.54, 1.807) is 5.38 Å². The van der Waals surface area contributed by atoms with E-state index in [2.05, 4.69) is 15.3 Å². The Balaban J connectivity index is 1.96. The van der Waals surface area contributed by atoms with Gasteiger partial charge >= 0.3 is 0 Å². The summed E-state index contributed by atoms with van der Waals surface area (Å²) in [5.41, 5.74) is 2.16.